The number of carbonyl (C=O) groups excluding carboxylic acids is 1. The highest BCUT2D eigenvalue weighted by atomic mass is 19.4. The van der Waals surface area contributed by atoms with E-state index in [4.69, 9.17) is 0 Å². The van der Waals surface area contributed by atoms with E-state index in [1.54, 1.807) is 6.20 Å². The van der Waals surface area contributed by atoms with Crippen molar-refractivity contribution in [1.82, 2.24) is 15.1 Å². The molecule has 1 fully saturated rings. The van der Waals surface area contributed by atoms with Crippen LogP contribution in [0.4, 0.5) is 13.2 Å². The molecule has 0 aliphatic heterocycles. The SMILES string of the molecule is O=C(NCc1ccccc1Cn1cccn1)C1CC1c1ccc(C(F)(F)F)cc1. The second-order valence-corrected chi connectivity index (χ2v) is 7.26. The van der Waals surface area contributed by atoms with Crippen LogP contribution in [0.5, 0.6) is 0 Å². The summed E-state index contributed by atoms with van der Waals surface area (Å²) >= 11 is 0. The molecule has 0 spiro atoms. The molecular weight excluding hydrogens is 379 g/mol. The molecule has 4 rings (SSSR count). The summed E-state index contributed by atoms with van der Waals surface area (Å²) < 4.78 is 39.9. The fourth-order valence-electron chi connectivity index (χ4n) is 3.54. The standard InChI is InChI=1S/C22H20F3N3O/c23-22(24,25)18-8-6-15(7-9-18)19-12-20(19)21(29)26-13-16-4-1-2-5-17(16)14-28-11-3-10-27-28/h1-11,19-20H,12-14H2,(H,26,29). The van der Waals surface area contributed by atoms with E-state index in [9.17, 15) is 18.0 Å². The van der Waals surface area contributed by atoms with E-state index in [-0.39, 0.29) is 17.7 Å². The predicted molar refractivity (Wildman–Crippen MR) is 102 cm³/mol. The molecule has 0 saturated heterocycles. The highest BCUT2D eigenvalue weighted by Crippen LogP contribution is 2.48. The van der Waals surface area contributed by atoms with E-state index < -0.39 is 11.7 Å². The lowest BCUT2D eigenvalue weighted by atomic mass is 10.1. The highest BCUT2D eigenvalue weighted by Gasteiger charge is 2.44. The Morgan fingerprint density at radius 2 is 1.79 bits per heavy atom. The van der Waals surface area contributed by atoms with Gasteiger partial charge in [0.25, 0.3) is 0 Å². The van der Waals surface area contributed by atoms with Gasteiger partial charge in [-0.1, -0.05) is 36.4 Å². The molecule has 1 aliphatic rings. The molecule has 7 heteroatoms. The molecule has 29 heavy (non-hydrogen) atoms. The van der Waals surface area contributed by atoms with E-state index in [0.717, 1.165) is 28.8 Å². The Hall–Kier alpha value is -3.09. The Kier molecular flexibility index (Phi) is 5.13. The summed E-state index contributed by atoms with van der Waals surface area (Å²) in [6.45, 7) is 1.03. The summed E-state index contributed by atoms with van der Waals surface area (Å²) in [5.74, 6) is -0.273. The Balaban J connectivity index is 1.35. The summed E-state index contributed by atoms with van der Waals surface area (Å²) in [5, 5.41) is 7.18. The first-order valence-electron chi connectivity index (χ1n) is 9.41. The number of nitrogens with zero attached hydrogens (tertiary/aromatic N) is 2. The van der Waals surface area contributed by atoms with Gasteiger partial charge in [0.05, 0.1) is 12.1 Å². The summed E-state index contributed by atoms with van der Waals surface area (Å²) in [7, 11) is 0. The fraction of sp³-hybridized carbons (Fsp3) is 0.273. The zero-order valence-electron chi connectivity index (χ0n) is 15.6. The van der Waals surface area contributed by atoms with Crippen molar-refractivity contribution in [3.05, 3.63) is 89.2 Å². The maximum absolute atomic E-state index is 12.7. The lowest BCUT2D eigenvalue weighted by molar-refractivity contribution is -0.137. The Morgan fingerprint density at radius 1 is 1.07 bits per heavy atom. The van der Waals surface area contributed by atoms with Crippen LogP contribution in [0.2, 0.25) is 0 Å². The lowest BCUT2D eigenvalue weighted by Gasteiger charge is -2.11. The maximum Gasteiger partial charge on any atom is 0.416 e. The average molecular weight is 399 g/mol. The number of amides is 1. The summed E-state index contributed by atoms with van der Waals surface area (Å²) in [6, 6.07) is 14.8. The maximum atomic E-state index is 12.7. The van der Waals surface area contributed by atoms with E-state index in [1.807, 2.05) is 41.2 Å². The van der Waals surface area contributed by atoms with Crippen LogP contribution < -0.4 is 5.32 Å². The molecule has 1 aliphatic carbocycles. The van der Waals surface area contributed by atoms with Gasteiger partial charge in [-0.25, -0.2) is 0 Å². The third kappa shape index (κ3) is 4.50. The van der Waals surface area contributed by atoms with Gasteiger partial charge >= 0.3 is 6.18 Å². The van der Waals surface area contributed by atoms with Crippen molar-refractivity contribution < 1.29 is 18.0 Å². The zero-order valence-corrected chi connectivity index (χ0v) is 15.6. The van der Waals surface area contributed by atoms with Crippen LogP contribution in [0.1, 0.15) is 34.6 Å². The second-order valence-electron chi connectivity index (χ2n) is 7.26. The minimum Gasteiger partial charge on any atom is -0.352 e. The molecule has 0 radical (unpaired) electrons. The number of rotatable bonds is 6. The largest absolute Gasteiger partial charge is 0.416 e. The zero-order chi connectivity index (χ0) is 20.4. The van der Waals surface area contributed by atoms with Crippen LogP contribution in [0.3, 0.4) is 0 Å². The van der Waals surface area contributed by atoms with Gasteiger partial charge in [-0.3, -0.25) is 9.48 Å². The minimum absolute atomic E-state index is 0.0170. The van der Waals surface area contributed by atoms with Crippen LogP contribution >= 0.6 is 0 Å². The Morgan fingerprint density at radius 3 is 2.45 bits per heavy atom. The van der Waals surface area contributed by atoms with E-state index in [1.165, 1.54) is 12.1 Å². The smallest absolute Gasteiger partial charge is 0.352 e. The van der Waals surface area contributed by atoms with Gasteiger partial charge in [0, 0.05) is 24.9 Å². The van der Waals surface area contributed by atoms with E-state index in [0.29, 0.717) is 19.5 Å². The van der Waals surface area contributed by atoms with Crippen LogP contribution in [-0.4, -0.2) is 15.7 Å². The average Bonchev–Trinajstić information content (AvgIpc) is 3.35. The fourth-order valence-corrected chi connectivity index (χ4v) is 3.54. The van der Waals surface area contributed by atoms with Gasteiger partial charge < -0.3 is 5.32 Å². The molecule has 2 unspecified atom stereocenters. The van der Waals surface area contributed by atoms with Crippen molar-refractivity contribution in [2.75, 3.05) is 0 Å². The van der Waals surface area contributed by atoms with E-state index >= 15 is 0 Å². The number of alkyl halides is 3. The van der Waals surface area contributed by atoms with Crippen molar-refractivity contribution in [3.63, 3.8) is 0 Å². The third-order valence-corrected chi connectivity index (χ3v) is 5.26. The monoisotopic (exact) mass is 399 g/mol. The van der Waals surface area contributed by atoms with Crippen LogP contribution in [-0.2, 0) is 24.1 Å². The molecule has 1 aromatic heterocycles. The van der Waals surface area contributed by atoms with E-state index in [2.05, 4.69) is 10.4 Å². The molecule has 150 valence electrons. The van der Waals surface area contributed by atoms with Crippen LogP contribution in [0.25, 0.3) is 0 Å². The first kappa shape index (κ1) is 19.2. The van der Waals surface area contributed by atoms with Gasteiger partial charge in [0.2, 0.25) is 5.91 Å². The summed E-state index contributed by atoms with van der Waals surface area (Å²) in [4.78, 5) is 12.5. The number of hydrogen-bond acceptors (Lipinski definition) is 2. The van der Waals surface area contributed by atoms with Crippen LogP contribution in [0, 0.1) is 5.92 Å². The van der Waals surface area contributed by atoms with Crippen molar-refractivity contribution in [3.8, 4) is 0 Å². The highest BCUT2D eigenvalue weighted by molar-refractivity contribution is 5.82. The van der Waals surface area contributed by atoms with Gasteiger partial charge in [-0.05, 0) is 47.2 Å². The summed E-state index contributed by atoms with van der Waals surface area (Å²) in [6.07, 6.45) is -0.0817. The van der Waals surface area contributed by atoms with Crippen molar-refractivity contribution >= 4 is 5.91 Å². The number of hydrogen-bond donors (Lipinski definition) is 1. The number of aromatic nitrogens is 2. The molecule has 2 aromatic carbocycles. The topological polar surface area (TPSA) is 46.9 Å². The first-order chi connectivity index (χ1) is 13.9. The van der Waals surface area contributed by atoms with Gasteiger partial charge in [0.15, 0.2) is 0 Å². The lowest BCUT2D eigenvalue weighted by Crippen LogP contribution is -2.25. The molecule has 1 N–H and O–H groups in total. The minimum atomic E-state index is -4.34. The molecule has 1 amide bonds. The molecule has 4 nitrogen and oxygen atoms in total. The molecule has 2 atom stereocenters. The molecule has 1 saturated carbocycles. The number of nitrogens with one attached hydrogen (secondary N) is 1. The van der Waals surface area contributed by atoms with Gasteiger partial charge in [-0.15, -0.1) is 0 Å². The molecular formula is C22H20F3N3O. The Bertz CT molecular complexity index is 981. The Labute approximate surface area is 166 Å². The predicted octanol–water partition coefficient (Wildman–Crippen LogP) is 4.37. The number of halogens is 3. The normalized spacial score (nSPS) is 18.4. The van der Waals surface area contributed by atoms with Crippen LogP contribution in [0.15, 0.2) is 67.0 Å². The first-order valence-corrected chi connectivity index (χ1v) is 9.41. The number of carbonyl (C=O) groups is 1. The van der Waals surface area contributed by atoms with Gasteiger partial charge in [0.1, 0.15) is 0 Å². The second kappa shape index (κ2) is 7.73. The van der Waals surface area contributed by atoms with Crippen molar-refractivity contribution in [1.29, 1.82) is 0 Å². The quantitative estimate of drug-likeness (QED) is 0.669. The molecule has 3 aromatic rings. The van der Waals surface area contributed by atoms with Gasteiger partial charge in [-0.2, -0.15) is 18.3 Å². The number of benzene rings is 2. The molecule has 0 bridgehead atoms. The molecule has 1 heterocycles. The van der Waals surface area contributed by atoms with Crippen molar-refractivity contribution in [2.24, 2.45) is 5.92 Å². The summed E-state index contributed by atoms with van der Waals surface area (Å²) in [5.41, 5.74) is 2.20. The third-order valence-electron chi connectivity index (χ3n) is 5.26. The van der Waals surface area contributed by atoms with Crippen molar-refractivity contribution in [2.45, 2.75) is 31.6 Å².